The summed E-state index contributed by atoms with van der Waals surface area (Å²) in [5.41, 5.74) is 5.98. The Bertz CT molecular complexity index is 1120. The van der Waals surface area contributed by atoms with E-state index in [1.807, 2.05) is 6.07 Å². The first kappa shape index (κ1) is 19.7. The molecule has 154 valence electrons. The molecule has 2 atom stereocenters. The zero-order chi connectivity index (χ0) is 21.1. The van der Waals surface area contributed by atoms with Gasteiger partial charge in [0.2, 0.25) is 0 Å². The van der Waals surface area contributed by atoms with E-state index in [0.717, 1.165) is 37.7 Å². The van der Waals surface area contributed by atoms with Gasteiger partial charge in [-0.2, -0.15) is 0 Å². The van der Waals surface area contributed by atoms with Gasteiger partial charge in [0.15, 0.2) is 0 Å². The van der Waals surface area contributed by atoms with Crippen LogP contribution in [0, 0.1) is 0 Å². The van der Waals surface area contributed by atoms with E-state index in [4.69, 9.17) is 0 Å². The van der Waals surface area contributed by atoms with Gasteiger partial charge in [0.25, 0.3) is 0 Å². The Kier molecular flexibility index (Phi) is 5.40. The molecule has 31 heavy (non-hydrogen) atoms. The molecule has 2 aliphatic rings. The minimum atomic E-state index is -0.343. The normalized spacial score (nSPS) is 22.7. The van der Waals surface area contributed by atoms with Crippen molar-refractivity contribution in [1.82, 2.24) is 4.90 Å². The molecule has 0 N–H and O–H groups in total. The van der Waals surface area contributed by atoms with Crippen molar-refractivity contribution in [2.75, 3.05) is 0 Å². The van der Waals surface area contributed by atoms with E-state index in [2.05, 4.69) is 102 Å². The molecule has 2 heteroatoms. The van der Waals surface area contributed by atoms with E-state index in [1.165, 1.54) is 22.3 Å². The van der Waals surface area contributed by atoms with Crippen LogP contribution in [-0.2, 0) is 23.3 Å². The summed E-state index contributed by atoms with van der Waals surface area (Å²) in [6, 6.07) is 29.5. The molecule has 0 fully saturated rings. The van der Waals surface area contributed by atoms with Gasteiger partial charge in [-0.05, 0) is 47.1 Å². The van der Waals surface area contributed by atoms with Crippen LogP contribution in [0.3, 0.4) is 0 Å². The Morgan fingerprint density at radius 2 is 1.55 bits per heavy atom. The molecule has 0 bridgehead atoms. The van der Waals surface area contributed by atoms with Crippen LogP contribution in [0.1, 0.15) is 41.1 Å². The highest BCUT2D eigenvalue weighted by atomic mass is 16.1. The lowest BCUT2D eigenvalue weighted by Gasteiger charge is -2.44. The van der Waals surface area contributed by atoms with Crippen molar-refractivity contribution in [2.45, 2.75) is 37.4 Å². The molecule has 0 spiro atoms. The maximum Gasteiger partial charge on any atom is 0.141 e. The van der Waals surface area contributed by atoms with Crippen molar-refractivity contribution in [3.8, 4) is 0 Å². The standard InChI is InChI=1S/C29H27NO/c31-22-28-26-18-10-11-19-27(26)29(25-16-8-3-9-17-25,20-23-12-4-1-5-13-23)30(28)21-24-14-6-2-7-15-24/h1-8,10-16,18-19,22,28H,9,17,20-21H2. The van der Waals surface area contributed by atoms with Gasteiger partial charge < -0.3 is 4.79 Å². The Labute approximate surface area is 184 Å². The van der Waals surface area contributed by atoms with Crippen LogP contribution >= 0.6 is 0 Å². The first-order valence-corrected chi connectivity index (χ1v) is 11.1. The first-order chi connectivity index (χ1) is 15.3. The minimum absolute atomic E-state index is 0.257. The predicted molar refractivity (Wildman–Crippen MR) is 126 cm³/mol. The summed E-state index contributed by atoms with van der Waals surface area (Å²) in [5.74, 6) is 0. The van der Waals surface area contributed by atoms with E-state index < -0.39 is 0 Å². The molecule has 5 rings (SSSR count). The van der Waals surface area contributed by atoms with Crippen LogP contribution in [-0.4, -0.2) is 11.2 Å². The fourth-order valence-corrected chi connectivity index (χ4v) is 5.36. The fraction of sp³-hybridized carbons (Fsp3) is 0.207. The van der Waals surface area contributed by atoms with Gasteiger partial charge >= 0.3 is 0 Å². The largest absolute Gasteiger partial charge is 0.301 e. The second-order valence-electron chi connectivity index (χ2n) is 8.46. The number of fused-ring (bicyclic) bond motifs is 1. The number of nitrogens with zero attached hydrogens (tertiary/aromatic N) is 1. The quantitative estimate of drug-likeness (QED) is 0.458. The predicted octanol–water partition coefficient (Wildman–Crippen LogP) is 6.16. The van der Waals surface area contributed by atoms with Crippen molar-refractivity contribution >= 4 is 6.29 Å². The summed E-state index contributed by atoms with van der Waals surface area (Å²) in [5, 5.41) is 0. The Morgan fingerprint density at radius 1 is 0.871 bits per heavy atom. The van der Waals surface area contributed by atoms with Gasteiger partial charge in [-0.1, -0.05) is 103 Å². The molecule has 1 heterocycles. The zero-order valence-electron chi connectivity index (χ0n) is 17.7. The number of rotatable bonds is 6. The second-order valence-corrected chi connectivity index (χ2v) is 8.46. The van der Waals surface area contributed by atoms with Gasteiger partial charge in [0.05, 0.1) is 11.6 Å². The van der Waals surface area contributed by atoms with E-state index in [1.54, 1.807) is 0 Å². The molecule has 0 amide bonds. The van der Waals surface area contributed by atoms with Crippen LogP contribution in [0.4, 0.5) is 0 Å². The van der Waals surface area contributed by atoms with Crippen LogP contribution in [0.2, 0.25) is 0 Å². The maximum absolute atomic E-state index is 12.5. The highest BCUT2D eigenvalue weighted by Crippen LogP contribution is 2.53. The average Bonchev–Trinajstić information content (AvgIpc) is 3.10. The third kappa shape index (κ3) is 3.47. The molecular formula is C29H27NO. The number of benzene rings is 3. The Morgan fingerprint density at radius 3 is 2.23 bits per heavy atom. The molecule has 1 aliphatic heterocycles. The molecule has 0 aromatic heterocycles. The highest BCUT2D eigenvalue weighted by molar-refractivity contribution is 5.68. The number of hydrogen-bond acceptors (Lipinski definition) is 2. The molecule has 0 radical (unpaired) electrons. The van der Waals surface area contributed by atoms with Crippen molar-refractivity contribution in [3.05, 3.63) is 131 Å². The van der Waals surface area contributed by atoms with Crippen molar-refractivity contribution in [1.29, 1.82) is 0 Å². The number of hydrogen-bond donors (Lipinski definition) is 0. The van der Waals surface area contributed by atoms with E-state index in [0.29, 0.717) is 0 Å². The monoisotopic (exact) mass is 405 g/mol. The van der Waals surface area contributed by atoms with E-state index >= 15 is 0 Å². The number of aldehydes is 1. The van der Waals surface area contributed by atoms with Crippen molar-refractivity contribution in [3.63, 3.8) is 0 Å². The lowest BCUT2D eigenvalue weighted by Crippen LogP contribution is -2.46. The number of allylic oxidation sites excluding steroid dienone is 3. The molecule has 3 aromatic rings. The van der Waals surface area contributed by atoms with Crippen LogP contribution in [0.15, 0.2) is 109 Å². The molecule has 1 aliphatic carbocycles. The first-order valence-electron chi connectivity index (χ1n) is 11.1. The third-order valence-electron chi connectivity index (χ3n) is 6.72. The van der Waals surface area contributed by atoms with Crippen LogP contribution in [0.25, 0.3) is 0 Å². The smallest absolute Gasteiger partial charge is 0.141 e. The summed E-state index contributed by atoms with van der Waals surface area (Å²) in [4.78, 5) is 15.0. The summed E-state index contributed by atoms with van der Waals surface area (Å²) < 4.78 is 0. The summed E-state index contributed by atoms with van der Waals surface area (Å²) in [6.45, 7) is 0.729. The Hall–Kier alpha value is -3.23. The molecular weight excluding hydrogens is 378 g/mol. The van der Waals surface area contributed by atoms with Gasteiger partial charge in [0, 0.05) is 6.54 Å². The zero-order valence-corrected chi connectivity index (χ0v) is 17.7. The third-order valence-corrected chi connectivity index (χ3v) is 6.72. The van der Waals surface area contributed by atoms with Gasteiger partial charge in [-0.25, -0.2) is 0 Å². The Balaban J connectivity index is 1.73. The van der Waals surface area contributed by atoms with Gasteiger partial charge in [-0.15, -0.1) is 0 Å². The average molecular weight is 406 g/mol. The highest BCUT2D eigenvalue weighted by Gasteiger charge is 2.51. The van der Waals surface area contributed by atoms with E-state index in [9.17, 15) is 4.79 Å². The molecule has 2 unspecified atom stereocenters. The lowest BCUT2D eigenvalue weighted by molar-refractivity contribution is -0.114. The van der Waals surface area contributed by atoms with Crippen LogP contribution < -0.4 is 0 Å². The van der Waals surface area contributed by atoms with Crippen molar-refractivity contribution in [2.24, 2.45) is 0 Å². The summed E-state index contributed by atoms with van der Waals surface area (Å²) >= 11 is 0. The summed E-state index contributed by atoms with van der Waals surface area (Å²) in [6.07, 6.45) is 10.7. The number of carbonyl (C=O) groups is 1. The minimum Gasteiger partial charge on any atom is -0.301 e. The second kappa shape index (κ2) is 8.49. The molecule has 0 saturated carbocycles. The summed E-state index contributed by atoms with van der Waals surface area (Å²) in [7, 11) is 0. The van der Waals surface area contributed by atoms with Gasteiger partial charge in [0.1, 0.15) is 6.29 Å². The van der Waals surface area contributed by atoms with Gasteiger partial charge in [-0.3, -0.25) is 4.90 Å². The topological polar surface area (TPSA) is 20.3 Å². The van der Waals surface area contributed by atoms with E-state index in [-0.39, 0.29) is 11.6 Å². The molecule has 2 nitrogen and oxygen atoms in total. The molecule has 0 saturated heterocycles. The fourth-order valence-electron chi connectivity index (χ4n) is 5.36. The van der Waals surface area contributed by atoms with Crippen LogP contribution in [0.5, 0.6) is 0 Å². The molecule has 3 aromatic carbocycles. The number of carbonyl (C=O) groups excluding carboxylic acids is 1. The SMILES string of the molecule is O=CC1c2ccccc2C(Cc2ccccc2)(C2=CC=CCC2)N1Cc1ccccc1. The maximum atomic E-state index is 12.5. The lowest BCUT2D eigenvalue weighted by atomic mass is 9.74. The van der Waals surface area contributed by atoms with Crippen molar-refractivity contribution < 1.29 is 4.79 Å².